The van der Waals surface area contributed by atoms with E-state index in [9.17, 15) is 13.2 Å². The minimum absolute atomic E-state index is 0.201. The second kappa shape index (κ2) is 6.00. The summed E-state index contributed by atoms with van der Waals surface area (Å²) in [6.07, 6.45) is -1.66. The maximum absolute atomic E-state index is 11.9. The average molecular weight is 266 g/mol. The molecule has 1 rings (SSSR count). The zero-order valence-corrected chi connectivity index (χ0v) is 10.2. The lowest BCUT2D eigenvalue weighted by atomic mass is 10.3. The van der Waals surface area contributed by atoms with Gasteiger partial charge in [-0.1, -0.05) is 0 Å². The second-order valence-electron chi connectivity index (χ2n) is 3.43. The molecule has 0 aliphatic rings. The van der Waals surface area contributed by atoms with Gasteiger partial charge in [0, 0.05) is 11.8 Å². The fourth-order valence-electron chi connectivity index (χ4n) is 1.20. The van der Waals surface area contributed by atoms with Crippen molar-refractivity contribution in [2.45, 2.75) is 19.3 Å². The van der Waals surface area contributed by atoms with E-state index in [1.165, 1.54) is 12.1 Å². The van der Waals surface area contributed by atoms with E-state index in [-0.39, 0.29) is 11.8 Å². The van der Waals surface area contributed by atoms with Gasteiger partial charge in [0.25, 0.3) is 0 Å². The standard InChI is InChI=1S/C10H13F3N2OS/c1-7(6-17-2)15-9-4-3-8(5-14-9)16-10(11,12)13/h3-5,7H,6H2,1-2H3,(H,14,15). The Bertz CT molecular complexity index is 342. The molecule has 1 N–H and O–H groups in total. The van der Waals surface area contributed by atoms with Crippen LogP contribution in [0.1, 0.15) is 6.92 Å². The molecule has 0 aliphatic heterocycles. The Hall–Kier alpha value is -1.11. The number of anilines is 1. The Morgan fingerprint density at radius 1 is 1.47 bits per heavy atom. The van der Waals surface area contributed by atoms with Crippen LogP contribution in [0.3, 0.4) is 0 Å². The maximum atomic E-state index is 11.9. The lowest BCUT2D eigenvalue weighted by molar-refractivity contribution is -0.274. The molecule has 1 atom stereocenters. The fraction of sp³-hybridized carbons (Fsp3) is 0.500. The number of hydrogen-bond acceptors (Lipinski definition) is 4. The second-order valence-corrected chi connectivity index (χ2v) is 4.34. The quantitative estimate of drug-likeness (QED) is 0.887. The van der Waals surface area contributed by atoms with Crippen LogP contribution in [-0.2, 0) is 0 Å². The number of pyridine rings is 1. The number of rotatable bonds is 5. The Kier molecular flexibility index (Phi) is 4.92. The molecule has 7 heteroatoms. The molecule has 17 heavy (non-hydrogen) atoms. The van der Waals surface area contributed by atoms with Crippen molar-refractivity contribution in [3.63, 3.8) is 0 Å². The van der Waals surface area contributed by atoms with E-state index in [4.69, 9.17) is 0 Å². The van der Waals surface area contributed by atoms with Gasteiger partial charge in [0.15, 0.2) is 0 Å². The minimum Gasteiger partial charge on any atom is -0.404 e. The minimum atomic E-state index is -4.68. The molecule has 0 radical (unpaired) electrons. The van der Waals surface area contributed by atoms with Crippen LogP contribution in [-0.4, -0.2) is 29.4 Å². The summed E-state index contributed by atoms with van der Waals surface area (Å²) in [5, 5.41) is 3.06. The number of thioether (sulfide) groups is 1. The van der Waals surface area contributed by atoms with Crippen LogP contribution < -0.4 is 10.1 Å². The molecular formula is C10H13F3N2OS. The zero-order valence-electron chi connectivity index (χ0n) is 9.41. The molecule has 1 heterocycles. The van der Waals surface area contributed by atoms with E-state index in [1.54, 1.807) is 11.8 Å². The van der Waals surface area contributed by atoms with E-state index in [0.717, 1.165) is 11.9 Å². The number of aromatic nitrogens is 1. The molecule has 0 aromatic carbocycles. The first-order chi connectivity index (χ1) is 7.90. The van der Waals surface area contributed by atoms with Gasteiger partial charge in [0.05, 0.1) is 6.20 Å². The topological polar surface area (TPSA) is 34.1 Å². The van der Waals surface area contributed by atoms with Crippen LogP contribution in [0.15, 0.2) is 18.3 Å². The molecule has 0 saturated heterocycles. The number of nitrogens with one attached hydrogen (secondary N) is 1. The molecule has 1 aromatic rings. The van der Waals surface area contributed by atoms with Gasteiger partial charge in [-0.25, -0.2) is 4.98 Å². The van der Waals surface area contributed by atoms with Gasteiger partial charge >= 0.3 is 6.36 Å². The van der Waals surface area contributed by atoms with Crippen LogP contribution in [0.2, 0.25) is 0 Å². The Balaban J connectivity index is 2.56. The van der Waals surface area contributed by atoms with Gasteiger partial charge in [-0.05, 0) is 25.3 Å². The first-order valence-corrected chi connectivity index (χ1v) is 6.27. The number of halogens is 3. The van der Waals surface area contributed by atoms with Crippen molar-refractivity contribution in [1.82, 2.24) is 4.98 Å². The van der Waals surface area contributed by atoms with E-state index in [2.05, 4.69) is 15.0 Å². The highest BCUT2D eigenvalue weighted by atomic mass is 32.2. The first kappa shape index (κ1) is 14.0. The largest absolute Gasteiger partial charge is 0.573 e. The summed E-state index contributed by atoms with van der Waals surface area (Å²) in [4.78, 5) is 3.84. The van der Waals surface area contributed by atoms with Gasteiger partial charge in [-0.15, -0.1) is 13.2 Å². The fourth-order valence-corrected chi connectivity index (χ4v) is 1.79. The van der Waals surface area contributed by atoms with Crippen LogP contribution in [0.5, 0.6) is 5.75 Å². The van der Waals surface area contributed by atoms with Crippen molar-refractivity contribution in [1.29, 1.82) is 0 Å². The van der Waals surface area contributed by atoms with Crippen molar-refractivity contribution in [2.75, 3.05) is 17.3 Å². The summed E-state index contributed by atoms with van der Waals surface area (Å²) in [5.74, 6) is 1.10. The lowest BCUT2D eigenvalue weighted by Crippen LogP contribution is -2.19. The van der Waals surface area contributed by atoms with Gasteiger partial charge in [-0.2, -0.15) is 11.8 Å². The summed E-state index contributed by atoms with van der Waals surface area (Å²) < 4.78 is 39.4. The van der Waals surface area contributed by atoms with Gasteiger partial charge in [0.1, 0.15) is 11.6 Å². The molecular weight excluding hydrogens is 253 g/mol. The summed E-state index contributed by atoms with van der Waals surface area (Å²) in [6, 6.07) is 2.89. The summed E-state index contributed by atoms with van der Waals surface area (Å²) in [6.45, 7) is 1.97. The molecule has 0 bridgehead atoms. The van der Waals surface area contributed by atoms with Crippen molar-refractivity contribution in [2.24, 2.45) is 0 Å². The SMILES string of the molecule is CSCC(C)Nc1ccc(OC(F)(F)F)cn1. The molecule has 1 unspecified atom stereocenters. The predicted octanol–water partition coefficient (Wildman–Crippen LogP) is 3.14. The summed E-state index contributed by atoms with van der Waals surface area (Å²) in [7, 11) is 0. The molecule has 0 aliphatic carbocycles. The Morgan fingerprint density at radius 3 is 2.65 bits per heavy atom. The molecule has 96 valence electrons. The highest BCUT2D eigenvalue weighted by Crippen LogP contribution is 2.22. The first-order valence-electron chi connectivity index (χ1n) is 4.88. The highest BCUT2D eigenvalue weighted by molar-refractivity contribution is 7.98. The Labute approximate surface area is 102 Å². The summed E-state index contributed by atoms with van der Waals surface area (Å²) >= 11 is 1.68. The maximum Gasteiger partial charge on any atom is 0.573 e. The van der Waals surface area contributed by atoms with Crippen molar-refractivity contribution in [3.05, 3.63) is 18.3 Å². The van der Waals surface area contributed by atoms with E-state index >= 15 is 0 Å². The van der Waals surface area contributed by atoms with Gasteiger partial charge in [-0.3, -0.25) is 0 Å². The zero-order chi connectivity index (χ0) is 12.9. The number of alkyl halides is 3. The molecule has 0 amide bonds. The predicted molar refractivity (Wildman–Crippen MR) is 62.4 cm³/mol. The van der Waals surface area contributed by atoms with E-state index in [0.29, 0.717) is 5.82 Å². The number of nitrogens with zero attached hydrogens (tertiary/aromatic N) is 1. The number of ether oxygens (including phenoxy) is 1. The highest BCUT2D eigenvalue weighted by Gasteiger charge is 2.31. The molecule has 0 fully saturated rings. The molecule has 0 saturated carbocycles. The molecule has 3 nitrogen and oxygen atoms in total. The number of hydrogen-bond donors (Lipinski definition) is 1. The van der Waals surface area contributed by atoms with Crippen molar-refractivity contribution < 1.29 is 17.9 Å². The van der Waals surface area contributed by atoms with Crippen LogP contribution in [0.4, 0.5) is 19.0 Å². The summed E-state index contributed by atoms with van der Waals surface area (Å²) in [5.41, 5.74) is 0. The van der Waals surface area contributed by atoms with Crippen molar-refractivity contribution in [3.8, 4) is 5.75 Å². The van der Waals surface area contributed by atoms with Crippen molar-refractivity contribution >= 4 is 17.6 Å². The third-order valence-corrected chi connectivity index (χ3v) is 2.61. The van der Waals surface area contributed by atoms with Crippen LogP contribution in [0, 0.1) is 0 Å². The molecule has 0 spiro atoms. The monoisotopic (exact) mass is 266 g/mol. The van der Waals surface area contributed by atoms with Crippen LogP contribution >= 0.6 is 11.8 Å². The third kappa shape index (κ3) is 5.67. The van der Waals surface area contributed by atoms with Gasteiger partial charge in [0.2, 0.25) is 0 Å². The smallest absolute Gasteiger partial charge is 0.404 e. The van der Waals surface area contributed by atoms with Gasteiger partial charge < -0.3 is 10.1 Å². The molecule has 1 aromatic heterocycles. The van der Waals surface area contributed by atoms with Crippen LogP contribution in [0.25, 0.3) is 0 Å². The van der Waals surface area contributed by atoms with E-state index < -0.39 is 6.36 Å². The Morgan fingerprint density at radius 2 is 2.18 bits per heavy atom. The third-order valence-electron chi connectivity index (χ3n) is 1.78. The van der Waals surface area contributed by atoms with E-state index in [1.807, 2.05) is 13.2 Å². The lowest BCUT2D eigenvalue weighted by Gasteiger charge is -2.13. The average Bonchev–Trinajstić information content (AvgIpc) is 2.19. The normalized spacial score (nSPS) is 13.2.